The van der Waals surface area contributed by atoms with Crippen LogP contribution in [0.15, 0.2) is 103 Å². The number of halogens is 4. The van der Waals surface area contributed by atoms with Crippen molar-refractivity contribution in [2.75, 3.05) is 52.5 Å². The molecule has 46 heavy (non-hydrogen) atoms. The van der Waals surface area contributed by atoms with Gasteiger partial charge in [-0.3, -0.25) is 9.80 Å². The van der Waals surface area contributed by atoms with Crippen LogP contribution in [0.5, 0.6) is 5.75 Å². The number of alkyl halides is 3. The van der Waals surface area contributed by atoms with Crippen molar-refractivity contribution in [3.8, 4) is 5.75 Å². The molecule has 0 aliphatic carbocycles. The van der Waals surface area contributed by atoms with Gasteiger partial charge < -0.3 is 9.47 Å². The SMILES string of the molecule is CC(COc1cccc(CCN2CCOCC2)c1)CN(Cc1cccc(C(F)(F)F)c1Cl)CC(c1ccccc1)c1ccccc1. The highest BCUT2D eigenvalue weighted by Gasteiger charge is 2.34. The number of hydrogen-bond acceptors (Lipinski definition) is 4. The van der Waals surface area contributed by atoms with Gasteiger partial charge in [-0.1, -0.05) is 103 Å². The first-order valence-corrected chi connectivity index (χ1v) is 16.3. The summed E-state index contributed by atoms with van der Waals surface area (Å²) in [6.07, 6.45) is -3.58. The Balaban J connectivity index is 1.31. The first-order chi connectivity index (χ1) is 22.3. The van der Waals surface area contributed by atoms with Crippen molar-refractivity contribution in [3.05, 3.63) is 136 Å². The lowest BCUT2D eigenvalue weighted by Gasteiger charge is -2.31. The van der Waals surface area contributed by atoms with Gasteiger partial charge in [0.25, 0.3) is 0 Å². The highest BCUT2D eigenvalue weighted by Crippen LogP contribution is 2.37. The zero-order chi connectivity index (χ0) is 32.4. The van der Waals surface area contributed by atoms with Gasteiger partial charge >= 0.3 is 6.18 Å². The molecule has 8 heteroatoms. The molecule has 0 spiro atoms. The summed E-state index contributed by atoms with van der Waals surface area (Å²) >= 11 is 6.40. The Morgan fingerprint density at radius 3 is 2.15 bits per heavy atom. The van der Waals surface area contributed by atoms with Crippen molar-refractivity contribution in [2.45, 2.75) is 32.0 Å². The first-order valence-electron chi connectivity index (χ1n) is 15.9. The van der Waals surface area contributed by atoms with Gasteiger partial charge in [0.15, 0.2) is 0 Å². The first kappa shape index (κ1) is 34.0. The molecular weight excluding hydrogens is 609 g/mol. The molecular formula is C38H42ClF3N2O2. The van der Waals surface area contributed by atoms with Gasteiger partial charge in [0.1, 0.15) is 5.75 Å². The van der Waals surface area contributed by atoms with Crippen LogP contribution in [-0.2, 0) is 23.9 Å². The van der Waals surface area contributed by atoms with Crippen LogP contribution < -0.4 is 4.74 Å². The average molecular weight is 651 g/mol. The minimum absolute atomic E-state index is 0.0169. The predicted molar refractivity (Wildman–Crippen MR) is 179 cm³/mol. The van der Waals surface area contributed by atoms with E-state index in [-0.39, 0.29) is 23.4 Å². The summed E-state index contributed by atoms with van der Waals surface area (Å²) in [7, 11) is 0. The highest BCUT2D eigenvalue weighted by atomic mass is 35.5. The molecule has 0 aromatic heterocycles. The van der Waals surface area contributed by atoms with E-state index < -0.39 is 11.7 Å². The number of nitrogens with zero attached hydrogens (tertiary/aromatic N) is 2. The Morgan fingerprint density at radius 1 is 0.848 bits per heavy atom. The largest absolute Gasteiger partial charge is 0.493 e. The predicted octanol–water partition coefficient (Wildman–Crippen LogP) is 8.58. The van der Waals surface area contributed by atoms with E-state index in [1.807, 2.05) is 48.5 Å². The van der Waals surface area contributed by atoms with Gasteiger partial charge in [-0.05, 0) is 46.9 Å². The van der Waals surface area contributed by atoms with Crippen LogP contribution in [-0.4, -0.2) is 62.3 Å². The number of rotatable bonds is 14. The highest BCUT2D eigenvalue weighted by molar-refractivity contribution is 6.32. The Kier molecular flexibility index (Phi) is 12.2. The van der Waals surface area contributed by atoms with E-state index in [9.17, 15) is 13.2 Å². The van der Waals surface area contributed by atoms with E-state index in [2.05, 4.69) is 53.1 Å². The zero-order valence-corrected chi connectivity index (χ0v) is 27.0. The van der Waals surface area contributed by atoms with Gasteiger partial charge in [0.2, 0.25) is 0 Å². The zero-order valence-electron chi connectivity index (χ0n) is 26.3. The maximum absolute atomic E-state index is 13.7. The minimum atomic E-state index is -4.52. The van der Waals surface area contributed by atoms with Crippen LogP contribution in [0.1, 0.15) is 40.7 Å². The number of morpholine rings is 1. The lowest BCUT2D eigenvalue weighted by atomic mass is 9.90. The van der Waals surface area contributed by atoms with E-state index in [1.54, 1.807) is 6.07 Å². The summed E-state index contributed by atoms with van der Waals surface area (Å²) in [4.78, 5) is 4.63. The normalized spacial score (nSPS) is 14.9. The van der Waals surface area contributed by atoms with Crippen LogP contribution >= 0.6 is 11.6 Å². The number of hydrogen-bond donors (Lipinski definition) is 0. The molecule has 1 atom stereocenters. The molecule has 5 rings (SSSR count). The van der Waals surface area contributed by atoms with Crippen LogP contribution in [0.4, 0.5) is 13.2 Å². The van der Waals surface area contributed by atoms with Gasteiger partial charge in [0.05, 0.1) is 30.4 Å². The standard InChI is InChI=1S/C38H42ClF3N2O2/c1-29(28-46-34-16-8-10-30(24-34)18-19-43-20-22-45-23-21-43)25-44(26-33-15-9-17-36(37(33)39)38(40,41)42)27-35(31-11-4-2-5-12-31)32-13-6-3-7-14-32/h2-17,24,29,35H,18-23,25-28H2,1H3. The molecule has 0 amide bonds. The lowest BCUT2D eigenvalue weighted by molar-refractivity contribution is -0.137. The fourth-order valence-corrected chi connectivity index (χ4v) is 6.33. The molecule has 1 saturated heterocycles. The quantitative estimate of drug-likeness (QED) is 0.137. The Morgan fingerprint density at radius 2 is 1.50 bits per heavy atom. The molecule has 0 radical (unpaired) electrons. The van der Waals surface area contributed by atoms with Gasteiger partial charge in [-0.2, -0.15) is 13.2 Å². The molecule has 4 aromatic carbocycles. The number of benzene rings is 4. The fourth-order valence-electron chi connectivity index (χ4n) is 6.03. The van der Waals surface area contributed by atoms with Crippen LogP contribution in [0.3, 0.4) is 0 Å². The summed E-state index contributed by atoms with van der Waals surface area (Å²) in [6.45, 7) is 8.56. The second-order valence-electron chi connectivity index (χ2n) is 12.1. The minimum Gasteiger partial charge on any atom is -0.493 e. The van der Waals surface area contributed by atoms with Gasteiger partial charge in [0, 0.05) is 51.1 Å². The van der Waals surface area contributed by atoms with Crippen molar-refractivity contribution >= 4 is 11.6 Å². The van der Waals surface area contributed by atoms with Crippen molar-refractivity contribution in [1.82, 2.24) is 9.80 Å². The van der Waals surface area contributed by atoms with Gasteiger partial charge in [-0.25, -0.2) is 0 Å². The van der Waals surface area contributed by atoms with Crippen molar-refractivity contribution < 1.29 is 22.6 Å². The molecule has 244 valence electrons. The molecule has 0 bridgehead atoms. The van der Waals surface area contributed by atoms with E-state index in [0.717, 1.165) is 62.2 Å². The maximum atomic E-state index is 13.7. The third-order valence-electron chi connectivity index (χ3n) is 8.45. The van der Waals surface area contributed by atoms with Crippen LogP contribution in [0.25, 0.3) is 0 Å². The van der Waals surface area contributed by atoms with Crippen molar-refractivity contribution in [1.29, 1.82) is 0 Å². The molecule has 1 fully saturated rings. The smallest absolute Gasteiger partial charge is 0.417 e. The molecule has 0 saturated carbocycles. The summed E-state index contributed by atoms with van der Waals surface area (Å²) in [5, 5.41) is -0.242. The monoisotopic (exact) mass is 650 g/mol. The molecule has 4 nitrogen and oxygen atoms in total. The Hall–Kier alpha value is -3.36. The van der Waals surface area contributed by atoms with E-state index in [1.165, 1.54) is 11.6 Å². The maximum Gasteiger partial charge on any atom is 0.417 e. The van der Waals surface area contributed by atoms with Crippen molar-refractivity contribution in [3.63, 3.8) is 0 Å². The molecule has 1 unspecified atom stereocenters. The Labute approximate surface area is 275 Å². The van der Waals surface area contributed by atoms with E-state index in [0.29, 0.717) is 25.3 Å². The topological polar surface area (TPSA) is 24.9 Å². The molecule has 1 heterocycles. The van der Waals surface area contributed by atoms with Crippen LogP contribution in [0.2, 0.25) is 5.02 Å². The van der Waals surface area contributed by atoms with Gasteiger partial charge in [-0.15, -0.1) is 0 Å². The van der Waals surface area contributed by atoms with Crippen molar-refractivity contribution in [2.24, 2.45) is 5.92 Å². The van der Waals surface area contributed by atoms with Crippen LogP contribution in [0, 0.1) is 5.92 Å². The summed E-state index contributed by atoms with van der Waals surface area (Å²) in [5.41, 5.74) is 3.17. The van der Waals surface area contributed by atoms with E-state index >= 15 is 0 Å². The molecule has 0 N–H and O–H groups in total. The Bertz CT molecular complexity index is 1460. The second kappa shape index (κ2) is 16.5. The number of ether oxygens (including phenoxy) is 2. The lowest BCUT2D eigenvalue weighted by Crippen LogP contribution is -2.37. The average Bonchev–Trinajstić information content (AvgIpc) is 3.07. The summed E-state index contributed by atoms with van der Waals surface area (Å²) in [5.74, 6) is 0.933. The third kappa shape index (κ3) is 9.82. The second-order valence-corrected chi connectivity index (χ2v) is 12.5. The molecule has 1 aliphatic heterocycles. The fraction of sp³-hybridized carbons (Fsp3) is 0.368. The molecule has 4 aromatic rings. The summed E-state index contributed by atoms with van der Waals surface area (Å²) in [6, 6.07) is 32.9. The third-order valence-corrected chi connectivity index (χ3v) is 8.89. The summed E-state index contributed by atoms with van der Waals surface area (Å²) < 4.78 is 53.0. The molecule has 1 aliphatic rings. The van der Waals surface area contributed by atoms with E-state index in [4.69, 9.17) is 21.1 Å².